The van der Waals surface area contributed by atoms with E-state index in [0.29, 0.717) is 56.6 Å². The number of anilines is 1. The lowest BCUT2D eigenvalue weighted by Crippen LogP contribution is -2.50. The van der Waals surface area contributed by atoms with Crippen LogP contribution in [-0.4, -0.2) is 73.1 Å². The molecule has 0 bridgehead atoms. The minimum atomic E-state index is -2.89. The van der Waals surface area contributed by atoms with Crippen LogP contribution in [0.4, 0.5) is 14.7 Å². The number of aromatic nitrogens is 2. The highest BCUT2D eigenvalue weighted by Gasteiger charge is 2.22. The van der Waals surface area contributed by atoms with Crippen LogP contribution < -0.4 is 20.3 Å². The van der Waals surface area contributed by atoms with Crippen molar-refractivity contribution in [2.75, 3.05) is 44.7 Å². The lowest BCUT2D eigenvalue weighted by atomic mass is 10.2. The van der Waals surface area contributed by atoms with E-state index in [1.165, 1.54) is 6.07 Å². The normalized spacial score (nSPS) is 14.4. The molecule has 1 aromatic heterocycles. The Morgan fingerprint density at radius 1 is 1.12 bits per heavy atom. The highest BCUT2D eigenvalue weighted by atomic mass is 19.3. The molecule has 11 heteroatoms. The third-order valence-electron chi connectivity index (χ3n) is 4.96. The number of ether oxygens (including phenoxy) is 1. The summed E-state index contributed by atoms with van der Waals surface area (Å²) in [5, 5.41) is 6.12. The van der Waals surface area contributed by atoms with E-state index >= 15 is 0 Å². The van der Waals surface area contributed by atoms with E-state index < -0.39 is 6.61 Å². The van der Waals surface area contributed by atoms with Crippen molar-refractivity contribution in [1.29, 1.82) is 0 Å². The van der Waals surface area contributed by atoms with Gasteiger partial charge in [-0.25, -0.2) is 9.97 Å². The van der Waals surface area contributed by atoms with E-state index in [1.807, 2.05) is 4.90 Å². The van der Waals surface area contributed by atoms with Gasteiger partial charge in [0, 0.05) is 70.7 Å². The van der Waals surface area contributed by atoms with Crippen molar-refractivity contribution in [2.45, 2.75) is 19.6 Å². The molecule has 0 radical (unpaired) electrons. The summed E-state index contributed by atoms with van der Waals surface area (Å²) in [7, 11) is 1.60. The van der Waals surface area contributed by atoms with Crippen LogP contribution in [0.5, 0.6) is 5.75 Å². The maximum Gasteiger partial charge on any atom is 0.387 e. The summed E-state index contributed by atoms with van der Waals surface area (Å²) in [6.07, 6.45) is 3.72. The van der Waals surface area contributed by atoms with Crippen molar-refractivity contribution < 1.29 is 18.3 Å². The molecule has 2 N–H and O–H groups in total. The van der Waals surface area contributed by atoms with Gasteiger partial charge in [0.2, 0.25) is 11.9 Å². The highest BCUT2D eigenvalue weighted by molar-refractivity contribution is 5.81. The molecule has 0 aliphatic carbocycles. The van der Waals surface area contributed by atoms with Gasteiger partial charge in [0.1, 0.15) is 5.75 Å². The molecule has 2 heterocycles. The lowest BCUT2D eigenvalue weighted by molar-refractivity contribution is -0.131. The van der Waals surface area contributed by atoms with Gasteiger partial charge in [0.15, 0.2) is 5.96 Å². The largest absolute Gasteiger partial charge is 0.434 e. The lowest BCUT2D eigenvalue weighted by Gasteiger charge is -2.34. The summed E-state index contributed by atoms with van der Waals surface area (Å²) in [5.41, 5.74) is 0.576. The van der Waals surface area contributed by atoms with Crippen molar-refractivity contribution in [3.8, 4) is 5.75 Å². The van der Waals surface area contributed by atoms with Crippen LogP contribution in [-0.2, 0) is 11.3 Å². The van der Waals surface area contributed by atoms with Crippen LogP contribution in [0, 0.1) is 0 Å². The number of hydrogen-bond acceptors (Lipinski definition) is 6. The van der Waals surface area contributed by atoms with Crippen molar-refractivity contribution in [3.63, 3.8) is 0 Å². The molecule has 1 saturated heterocycles. The second-order valence-corrected chi connectivity index (χ2v) is 7.01. The summed E-state index contributed by atoms with van der Waals surface area (Å²) >= 11 is 0. The zero-order valence-corrected chi connectivity index (χ0v) is 17.9. The van der Waals surface area contributed by atoms with Gasteiger partial charge in [0.05, 0.1) is 0 Å². The minimum Gasteiger partial charge on any atom is -0.434 e. The first-order chi connectivity index (χ1) is 15.6. The summed E-state index contributed by atoms with van der Waals surface area (Å²) in [6, 6.07) is 8.33. The van der Waals surface area contributed by atoms with E-state index in [2.05, 4.69) is 35.2 Å². The summed E-state index contributed by atoms with van der Waals surface area (Å²) in [5.74, 6) is 1.31. The molecule has 3 rings (SSSR count). The predicted molar refractivity (Wildman–Crippen MR) is 117 cm³/mol. The smallest absolute Gasteiger partial charge is 0.387 e. The number of hydrogen-bond donors (Lipinski definition) is 2. The molecule has 2 aromatic rings. The first-order valence-corrected chi connectivity index (χ1v) is 10.3. The highest BCUT2D eigenvalue weighted by Crippen LogP contribution is 2.19. The fourth-order valence-electron chi connectivity index (χ4n) is 3.32. The summed E-state index contributed by atoms with van der Waals surface area (Å²) in [4.78, 5) is 29.0. The molecule has 0 unspecified atom stereocenters. The molecule has 0 atom stereocenters. The number of carbonyl (C=O) groups excluding carboxylic acids is 1. The molecule has 1 aliphatic rings. The Bertz CT molecular complexity index is 891. The number of carbonyl (C=O) groups is 1. The van der Waals surface area contributed by atoms with Gasteiger partial charge < -0.3 is 25.2 Å². The van der Waals surface area contributed by atoms with Crippen LogP contribution in [0.15, 0.2) is 47.7 Å². The average molecular weight is 447 g/mol. The van der Waals surface area contributed by atoms with E-state index in [1.54, 1.807) is 43.7 Å². The van der Waals surface area contributed by atoms with Crippen LogP contribution >= 0.6 is 0 Å². The molecule has 0 spiro atoms. The van der Waals surface area contributed by atoms with Crippen molar-refractivity contribution in [2.24, 2.45) is 4.99 Å². The van der Waals surface area contributed by atoms with Gasteiger partial charge >= 0.3 is 6.61 Å². The van der Waals surface area contributed by atoms with Gasteiger partial charge in [-0.15, -0.1) is 0 Å². The first-order valence-electron chi connectivity index (χ1n) is 10.3. The maximum absolute atomic E-state index is 12.5. The SMILES string of the molecule is CN=C(NCCC(=O)N1CCN(c2ncccn2)CC1)NCc1ccccc1OC(F)F. The summed E-state index contributed by atoms with van der Waals surface area (Å²) in [6.45, 7) is 0.367. The Balaban J connectivity index is 1.39. The van der Waals surface area contributed by atoms with Crippen molar-refractivity contribution >= 4 is 17.8 Å². The third kappa shape index (κ3) is 6.76. The number of nitrogens with zero attached hydrogens (tertiary/aromatic N) is 5. The molecule has 1 fully saturated rings. The molecule has 172 valence electrons. The quantitative estimate of drug-likeness (QED) is 0.468. The fraction of sp³-hybridized carbons (Fsp3) is 0.429. The number of aliphatic imine (C=N–C) groups is 1. The van der Waals surface area contributed by atoms with Gasteiger partial charge in [0.25, 0.3) is 0 Å². The number of amides is 1. The Morgan fingerprint density at radius 2 is 1.84 bits per heavy atom. The Hall–Kier alpha value is -3.50. The van der Waals surface area contributed by atoms with Crippen molar-refractivity contribution in [1.82, 2.24) is 25.5 Å². The van der Waals surface area contributed by atoms with E-state index in [4.69, 9.17) is 0 Å². The number of piperazine rings is 1. The molecule has 32 heavy (non-hydrogen) atoms. The third-order valence-corrected chi connectivity index (χ3v) is 4.96. The van der Waals surface area contributed by atoms with Gasteiger partial charge in [-0.3, -0.25) is 9.79 Å². The Labute approximate surface area is 185 Å². The molecule has 1 aliphatic heterocycles. The zero-order chi connectivity index (χ0) is 22.8. The number of nitrogens with one attached hydrogen (secondary N) is 2. The van der Waals surface area contributed by atoms with Gasteiger partial charge in [-0.2, -0.15) is 8.78 Å². The first kappa shape index (κ1) is 23.2. The van der Waals surface area contributed by atoms with E-state index in [0.717, 1.165) is 0 Å². The molecule has 1 amide bonds. The number of para-hydroxylation sites is 1. The standard InChI is InChI=1S/C21H27F2N7O2/c1-24-20(28-15-16-5-2-3-6-17(16)32-19(22)23)25-10-7-18(31)29-11-13-30(14-12-29)21-26-8-4-9-27-21/h2-6,8-9,19H,7,10-15H2,1H3,(H2,24,25,28). The van der Waals surface area contributed by atoms with Crippen LogP contribution in [0.25, 0.3) is 0 Å². The van der Waals surface area contributed by atoms with Crippen LogP contribution in [0.1, 0.15) is 12.0 Å². The van der Waals surface area contributed by atoms with Crippen molar-refractivity contribution in [3.05, 3.63) is 48.3 Å². The number of alkyl halides is 2. The Morgan fingerprint density at radius 3 is 2.53 bits per heavy atom. The molecule has 0 saturated carbocycles. The van der Waals surface area contributed by atoms with E-state index in [-0.39, 0.29) is 18.2 Å². The molecule has 1 aromatic carbocycles. The zero-order valence-electron chi connectivity index (χ0n) is 17.9. The number of guanidine groups is 1. The summed E-state index contributed by atoms with van der Waals surface area (Å²) < 4.78 is 29.6. The molecular formula is C21H27F2N7O2. The van der Waals surface area contributed by atoms with Gasteiger partial charge in [-0.05, 0) is 12.1 Å². The van der Waals surface area contributed by atoms with Crippen LogP contribution in [0.2, 0.25) is 0 Å². The fourth-order valence-corrected chi connectivity index (χ4v) is 3.32. The maximum atomic E-state index is 12.5. The second-order valence-electron chi connectivity index (χ2n) is 7.01. The molecular weight excluding hydrogens is 420 g/mol. The van der Waals surface area contributed by atoms with Crippen LogP contribution in [0.3, 0.4) is 0 Å². The van der Waals surface area contributed by atoms with E-state index in [9.17, 15) is 13.6 Å². The van der Waals surface area contributed by atoms with Gasteiger partial charge in [-0.1, -0.05) is 18.2 Å². The predicted octanol–water partition coefficient (Wildman–Crippen LogP) is 1.48. The monoisotopic (exact) mass is 447 g/mol. The number of benzene rings is 1. The Kier molecular flexibility index (Phi) is 8.52. The topological polar surface area (TPSA) is 95.0 Å². The second kappa shape index (κ2) is 11.8. The number of rotatable bonds is 8. The molecule has 9 nitrogen and oxygen atoms in total. The number of halogens is 2. The minimum absolute atomic E-state index is 0.0530. The average Bonchev–Trinajstić information content (AvgIpc) is 2.82.